The third-order valence-corrected chi connectivity index (χ3v) is 8.03. The Morgan fingerprint density at radius 3 is 2.68 bits per heavy atom. The van der Waals surface area contributed by atoms with E-state index >= 15 is 0 Å². The molecule has 4 aliphatic carbocycles. The normalized spacial score (nSPS) is 54.2. The van der Waals surface area contributed by atoms with Crippen molar-refractivity contribution in [1.82, 2.24) is 0 Å². The van der Waals surface area contributed by atoms with Gasteiger partial charge in [0.2, 0.25) is 0 Å². The fraction of sp³-hybridized carbons (Fsp3) is 0.895. The summed E-state index contributed by atoms with van der Waals surface area (Å²) in [6.45, 7) is 2.53. The molecule has 124 valence electrons. The molecule has 22 heavy (non-hydrogen) atoms. The Bertz CT molecular complexity index is 487. The zero-order valence-corrected chi connectivity index (χ0v) is 13.7. The second-order valence-corrected chi connectivity index (χ2v) is 8.69. The van der Waals surface area contributed by atoms with Gasteiger partial charge in [0, 0.05) is 5.41 Å². The minimum absolute atomic E-state index is 0.0724. The van der Waals surface area contributed by atoms with E-state index in [1.807, 2.05) is 0 Å². The van der Waals surface area contributed by atoms with Crippen molar-refractivity contribution in [2.45, 2.75) is 70.5 Å². The van der Waals surface area contributed by atoms with Crippen LogP contribution in [0.2, 0.25) is 0 Å². The van der Waals surface area contributed by atoms with Crippen LogP contribution in [-0.4, -0.2) is 34.1 Å². The van der Waals surface area contributed by atoms with E-state index < -0.39 is 0 Å². The predicted molar refractivity (Wildman–Crippen MR) is 85.1 cm³/mol. The number of aliphatic hydroxyl groups is 3. The van der Waals surface area contributed by atoms with Gasteiger partial charge in [0.05, 0.1) is 18.8 Å². The highest BCUT2D eigenvalue weighted by Crippen LogP contribution is 2.64. The second kappa shape index (κ2) is 5.06. The molecule has 3 N–H and O–H groups in total. The van der Waals surface area contributed by atoms with Gasteiger partial charge in [-0.25, -0.2) is 0 Å². The lowest BCUT2D eigenvalue weighted by atomic mass is 9.47. The first-order chi connectivity index (χ1) is 10.5. The van der Waals surface area contributed by atoms with Crippen molar-refractivity contribution in [3.63, 3.8) is 0 Å². The maximum absolute atomic E-state index is 10.5. The van der Waals surface area contributed by atoms with Crippen molar-refractivity contribution >= 4 is 0 Å². The second-order valence-electron chi connectivity index (χ2n) is 8.69. The minimum Gasteiger partial charge on any atom is -0.395 e. The van der Waals surface area contributed by atoms with Crippen LogP contribution in [-0.2, 0) is 0 Å². The van der Waals surface area contributed by atoms with E-state index in [1.54, 1.807) is 0 Å². The third-order valence-electron chi connectivity index (χ3n) is 8.03. The molecule has 0 heterocycles. The van der Waals surface area contributed by atoms with E-state index in [0.717, 1.165) is 51.4 Å². The third kappa shape index (κ3) is 1.85. The topological polar surface area (TPSA) is 60.7 Å². The minimum atomic E-state index is -0.218. The predicted octanol–water partition coefficient (Wildman–Crippen LogP) is 2.64. The van der Waals surface area contributed by atoms with Crippen LogP contribution < -0.4 is 0 Å². The molecule has 2 unspecified atom stereocenters. The molecule has 0 amide bonds. The monoisotopic (exact) mass is 306 g/mol. The number of fused-ring (bicyclic) bond motifs is 5. The van der Waals surface area contributed by atoms with Gasteiger partial charge < -0.3 is 15.3 Å². The molecule has 7 atom stereocenters. The van der Waals surface area contributed by atoms with Gasteiger partial charge in [0.1, 0.15) is 0 Å². The van der Waals surface area contributed by atoms with Crippen LogP contribution in [0.4, 0.5) is 0 Å². The molecule has 0 aliphatic heterocycles. The van der Waals surface area contributed by atoms with Crippen LogP contribution >= 0.6 is 0 Å². The molecule has 3 heteroatoms. The van der Waals surface area contributed by atoms with Crippen LogP contribution in [0.1, 0.15) is 58.3 Å². The SMILES string of the molecule is C[C@]12CC[C@H]3[C@@H](CC=C4CC(O)CC[C@@]43CO)[C@@H]1CCC2O. The molecule has 0 radical (unpaired) electrons. The number of hydrogen-bond donors (Lipinski definition) is 3. The summed E-state index contributed by atoms with van der Waals surface area (Å²) in [5.41, 5.74) is 1.35. The Morgan fingerprint density at radius 2 is 1.91 bits per heavy atom. The molecule has 4 rings (SSSR count). The van der Waals surface area contributed by atoms with E-state index in [0.29, 0.717) is 17.8 Å². The summed E-state index contributed by atoms with van der Waals surface area (Å²) in [6, 6.07) is 0. The lowest BCUT2D eigenvalue weighted by Crippen LogP contribution is -2.53. The van der Waals surface area contributed by atoms with Gasteiger partial charge in [-0.2, -0.15) is 0 Å². The zero-order chi connectivity index (χ0) is 15.5. The maximum Gasteiger partial charge on any atom is 0.0596 e. The average molecular weight is 306 g/mol. The Balaban J connectivity index is 1.70. The van der Waals surface area contributed by atoms with E-state index in [2.05, 4.69) is 13.0 Å². The lowest BCUT2D eigenvalue weighted by Gasteiger charge is -2.58. The molecule has 0 saturated heterocycles. The Hall–Kier alpha value is -0.380. The molecular formula is C19H30O3. The summed E-state index contributed by atoms with van der Waals surface area (Å²) in [4.78, 5) is 0. The van der Waals surface area contributed by atoms with Crippen molar-refractivity contribution in [1.29, 1.82) is 0 Å². The Kier molecular flexibility index (Phi) is 3.49. The van der Waals surface area contributed by atoms with Crippen LogP contribution in [0, 0.1) is 28.6 Å². The first-order valence-corrected chi connectivity index (χ1v) is 9.18. The Morgan fingerprint density at radius 1 is 1.09 bits per heavy atom. The molecule has 0 aromatic heterocycles. The fourth-order valence-corrected chi connectivity index (χ4v) is 6.70. The van der Waals surface area contributed by atoms with Gasteiger partial charge in [-0.3, -0.25) is 0 Å². The molecule has 0 spiro atoms. The first-order valence-electron chi connectivity index (χ1n) is 9.18. The summed E-state index contributed by atoms with van der Waals surface area (Å²) < 4.78 is 0. The molecular weight excluding hydrogens is 276 g/mol. The number of aliphatic hydroxyl groups excluding tert-OH is 3. The molecule has 0 bridgehead atoms. The van der Waals surface area contributed by atoms with Crippen LogP contribution in [0.5, 0.6) is 0 Å². The highest BCUT2D eigenvalue weighted by Gasteiger charge is 2.59. The van der Waals surface area contributed by atoms with Crippen LogP contribution in [0.15, 0.2) is 11.6 Å². The van der Waals surface area contributed by atoms with Gasteiger partial charge in [-0.15, -0.1) is 0 Å². The van der Waals surface area contributed by atoms with E-state index in [9.17, 15) is 15.3 Å². The molecule has 0 aromatic rings. The highest BCUT2D eigenvalue weighted by molar-refractivity contribution is 5.26. The van der Waals surface area contributed by atoms with Gasteiger partial charge in [0.25, 0.3) is 0 Å². The van der Waals surface area contributed by atoms with E-state index in [4.69, 9.17) is 0 Å². The maximum atomic E-state index is 10.5. The fourth-order valence-electron chi connectivity index (χ4n) is 6.70. The van der Waals surface area contributed by atoms with Crippen molar-refractivity contribution in [3.05, 3.63) is 11.6 Å². The zero-order valence-electron chi connectivity index (χ0n) is 13.7. The number of hydrogen-bond acceptors (Lipinski definition) is 3. The van der Waals surface area contributed by atoms with Gasteiger partial charge >= 0.3 is 0 Å². The van der Waals surface area contributed by atoms with Crippen LogP contribution in [0.25, 0.3) is 0 Å². The standard InChI is InChI=1S/C19H30O3/c1-18-8-7-16-14(15(18)4-5-17(18)22)3-2-12-10-13(21)6-9-19(12,16)11-20/h2,13-17,20-22H,3-11H2,1H3/t13?,14-,15-,16-,17?,18-,19+/m0/s1. The number of allylic oxidation sites excluding steroid dienone is 1. The summed E-state index contributed by atoms with van der Waals surface area (Å²) in [6.07, 6.45) is 9.91. The van der Waals surface area contributed by atoms with Gasteiger partial charge in [-0.1, -0.05) is 18.6 Å². The molecule has 0 aromatic carbocycles. The van der Waals surface area contributed by atoms with Crippen molar-refractivity contribution in [3.8, 4) is 0 Å². The summed E-state index contributed by atoms with van der Waals surface area (Å²) >= 11 is 0. The first kappa shape index (κ1) is 15.2. The summed E-state index contributed by atoms with van der Waals surface area (Å²) in [7, 11) is 0. The molecule has 4 aliphatic rings. The van der Waals surface area contributed by atoms with Gasteiger partial charge in [0.15, 0.2) is 0 Å². The highest BCUT2D eigenvalue weighted by atomic mass is 16.3. The molecule has 3 fully saturated rings. The smallest absolute Gasteiger partial charge is 0.0596 e. The van der Waals surface area contributed by atoms with Crippen molar-refractivity contribution in [2.75, 3.05) is 6.61 Å². The quantitative estimate of drug-likeness (QED) is 0.653. The summed E-state index contributed by atoms with van der Waals surface area (Å²) in [5, 5.41) is 30.8. The largest absolute Gasteiger partial charge is 0.395 e. The molecule has 3 nitrogen and oxygen atoms in total. The van der Waals surface area contributed by atoms with Crippen molar-refractivity contribution in [2.24, 2.45) is 28.6 Å². The van der Waals surface area contributed by atoms with Crippen LogP contribution in [0.3, 0.4) is 0 Å². The summed E-state index contributed by atoms with van der Waals surface area (Å²) in [5.74, 6) is 1.77. The average Bonchev–Trinajstić information content (AvgIpc) is 2.82. The van der Waals surface area contributed by atoms with Gasteiger partial charge in [-0.05, 0) is 74.5 Å². The van der Waals surface area contributed by atoms with E-state index in [1.165, 1.54) is 5.57 Å². The molecule has 3 saturated carbocycles. The Labute approximate surface area is 133 Å². The number of rotatable bonds is 1. The lowest BCUT2D eigenvalue weighted by molar-refractivity contribution is -0.0889. The van der Waals surface area contributed by atoms with Crippen molar-refractivity contribution < 1.29 is 15.3 Å². The van der Waals surface area contributed by atoms with E-state index in [-0.39, 0.29) is 29.6 Å².